The highest BCUT2D eigenvalue weighted by atomic mass is 16.4. The van der Waals surface area contributed by atoms with Gasteiger partial charge in [-0.05, 0) is 36.2 Å². The van der Waals surface area contributed by atoms with E-state index >= 15 is 0 Å². The van der Waals surface area contributed by atoms with E-state index in [2.05, 4.69) is 5.32 Å². The number of aryl methyl sites for hydroxylation is 1. The molecular formula is C18H18N2O4. The van der Waals surface area contributed by atoms with Crippen molar-refractivity contribution in [1.29, 1.82) is 0 Å². The minimum absolute atomic E-state index is 0.0963. The molecule has 0 unspecified atom stereocenters. The molecule has 6 nitrogen and oxygen atoms in total. The number of hydrogen-bond acceptors (Lipinski definition) is 4. The van der Waals surface area contributed by atoms with Crippen molar-refractivity contribution >= 4 is 22.7 Å². The second-order valence-electron chi connectivity index (χ2n) is 5.46. The first-order valence-electron chi connectivity index (χ1n) is 7.75. The number of nitrogens with one attached hydrogen (secondary N) is 1. The predicted octanol–water partition coefficient (Wildman–Crippen LogP) is 2.16. The molecule has 0 fully saturated rings. The molecule has 3 aromatic rings. The summed E-state index contributed by atoms with van der Waals surface area (Å²) < 4.78 is 6.60. The standard InChI is InChI=1S/C18H18N2O4/c21-12-10-13-5-7-14(8-6-13)19-17(22)9-11-20-15-3-1-2-4-16(15)24-18(20)23/h1-8,21H,9-12H2,(H,19,22). The van der Waals surface area contributed by atoms with Crippen LogP contribution in [0.3, 0.4) is 0 Å². The molecule has 2 N–H and O–H groups in total. The number of nitrogens with zero attached hydrogens (tertiary/aromatic N) is 1. The van der Waals surface area contributed by atoms with Gasteiger partial charge in [0, 0.05) is 25.3 Å². The summed E-state index contributed by atoms with van der Waals surface area (Å²) in [6, 6.07) is 14.4. The number of amides is 1. The largest absolute Gasteiger partial charge is 0.419 e. The monoisotopic (exact) mass is 326 g/mol. The first-order chi connectivity index (χ1) is 11.7. The van der Waals surface area contributed by atoms with Crippen LogP contribution >= 0.6 is 0 Å². The van der Waals surface area contributed by atoms with Gasteiger partial charge in [0.1, 0.15) is 0 Å². The number of carbonyl (C=O) groups is 1. The Balaban J connectivity index is 1.62. The number of para-hydroxylation sites is 2. The molecule has 0 spiro atoms. The number of benzene rings is 2. The fourth-order valence-corrected chi connectivity index (χ4v) is 2.55. The van der Waals surface area contributed by atoms with Crippen LogP contribution in [0.5, 0.6) is 0 Å². The molecule has 124 valence electrons. The summed E-state index contributed by atoms with van der Waals surface area (Å²) >= 11 is 0. The van der Waals surface area contributed by atoms with E-state index in [1.54, 1.807) is 30.3 Å². The lowest BCUT2D eigenvalue weighted by Crippen LogP contribution is -2.19. The summed E-state index contributed by atoms with van der Waals surface area (Å²) in [6.07, 6.45) is 0.756. The van der Waals surface area contributed by atoms with Crippen molar-refractivity contribution in [3.63, 3.8) is 0 Å². The molecular weight excluding hydrogens is 308 g/mol. The van der Waals surface area contributed by atoms with Crippen LogP contribution in [0.2, 0.25) is 0 Å². The fourth-order valence-electron chi connectivity index (χ4n) is 2.55. The van der Waals surface area contributed by atoms with Gasteiger partial charge in [-0.2, -0.15) is 0 Å². The third-order valence-electron chi connectivity index (χ3n) is 3.77. The van der Waals surface area contributed by atoms with Crippen molar-refractivity contribution in [1.82, 2.24) is 4.57 Å². The van der Waals surface area contributed by atoms with Crippen LogP contribution in [0.1, 0.15) is 12.0 Å². The van der Waals surface area contributed by atoms with Crippen LogP contribution < -0.4 is 11.1 Å². The lowest BCUT2D eigenvalue weighted by atomic mass is 10.1. The van der Waals surface area contributed by atoms with E-state index < -0.39 is 5.76 Å². The van der Waals surface area contributed by atoms with Gasteiger partial charge in [-0.25, -0.2) is 4.79 Å². The molecule has 0 saturated carbocycles. The van der Waals surface area contributed by atoms with Gasteiger partial charge in [0.25, 0.3) is 0 Å². The number of aliphatic hydroxyl groups excluding tert-OH is 1. The molecule has 0 aliphatic rings. The second-order valence-corrected chi connectivity index (χ2v) is 5.46. The van der Waals surface area contributed by atoms with Gasteiger partial charge < -0.3 is 14.8 Å². The number of rotatable bonds is 6. The average Bonchev–Trinajstić information content (AvgIpc) is 2.90. The third-order valence-corrected chi connectivity index (χ3v) is 3.77. The van der Waals surface area contributed by atoms with Crippen LogP contribution in [-0.4, -0.2) is 22.2 Å². The SMILES string of the molecule is O=C(CCn1c(=O)oc2ccccc21)Nc1ccc(CCO)cc1. The van der Waals surface area contributed by atoms with Gasteiger partial charge in [0.05, 0.1) is 5.52 Å². The summed E-state index contributed by atoms with van der Waals surface area (Å²) in [6.45, 7) is 0.351. The Bertz CT molecular complexity index is 893. The highest BCUT2D eigenvalue weighted by Crippen LogP contribution is 2.13. The maximum atomic E-state index is 12.1. The number of hydrogen-bond donors (Lipinski definition) is 2. The lowest BCUT2D eigenvalue weighted by molar-refractivity contribution is -0.116. The topological polar surface area (TPSA) is 84.5 Å². The third kappa shape index (κ3) is 3.55. The Hall–Kier alpha value is -2.86. The highest BCUT2D eigenvalue weighted by Gasteiger charge is 2.10. The molecule has 3 rings (SSSR count). The van der Waals surface area contributed by atoms with Crippen molar-refractivity contribution in [2.24, 2.45) is 0 Å². The van der Waals surface area contributed by atoms with E-state index in [1.165, 1.54) is 4.57 Å². The average molecular weight is 326 g/mol. The van der Waals surface area contributed by atoms with E-state index in [9.17, 15) is 9.59 Å². The number of oxazole rings is 1. The minimum Gasteiger partial charge on any atom is -0.408 e. The Labute approximate surface area is 138 Å². The van der Waals surface area contributed by atoms with E-state index in [4.69, 9.17) is 9.52 Å². The maximum absolute atomic E-state index is 12.1. The summed E-state index contributed by atoms with van der Waals surface area (Å²) in [5, 5.41) is 11.7. The Morgan fingerprint density at radius 3 is 2.62 bits per heavy atom. The first-order valence-corrected chi connectivity index (χ1v) is 7.75. The smallest absolute Gasteiger partial charge is 0.408 e. The number of anilines is 1. The summed E-state index contributed by atoms with van der Waals surface area (Å²) in [5.74, 6) is -0.639. The normalized spacial score (nSPS) is 10.9. The summed E-state index contributed by atoms with van der Waals surface area (Å²) in [7, 11) is 0. The molecule has 1 heterocycles. The zero-order valence-electron chi connectivity index (χ0n) is 13.1. The molecule has 1 amide bonds. The van der Waals surface area contributed by atoms with E-state index in [1.807, 2.05) is 18.2 Å². The van der Waals surface area contributed by atoms with Crippen LogP contribution in [0, 0.1) is 0 Å². The molecule has 0 aliphatic heterocycles. The van der Waals surface area contributed by atoms with Gasteiger partial charge >= 0.3 is 5.76 Å². The Kier molecular flexibility index (Phi) is 4.77. The van der Waals surface area contributed by atoms with E-state index in [0.29, 0.717) is 23.2 Å². The molecule has 0 saturated heterocycles. The fraction of sp³-hybridized carbons (Fsp3) is 0.222. The summed E-state index contributed by atoms with van der Waals surface area (Å²) in [4.78, 5) is 23.9. The second kappa shape index (κ2) is 7.14. The van der Waals surface area contributed by atoms with Crippen LogP contribution in [0.4, 0.5) is 5.69 Å². The quantitative estimate of drug-likeness (QED) is 0.727. The van der Waals surface area contributed by atoms with Crippen molar-refractivity contribution < 1.29 is 14.3 Å². The van der Waals surface area contributed by atoms with Crippen molar-refractivity contribution in [2.75, 3.05) is 11.9 Å². The van der Waals surface area contributed by atoms with Gasteiger partial charge in [-0.1, -0.05) is 24.3 Å². The number of aliphatic hydroxyl groups is 1. The van der Waals surface area contributed by atoms with Crippen molar-refractivity contribution in [3.05, 3.63) is 64.6 Å². The summed E-state index contributed by atoms with van der Waals surface area (Å²) in [5.41, 5.74) is 2.89. The van der Waals surface area contributed by atoms with E-state index in [-0.39, 0.29) is 25.5 Å². The predicted molar refractivity (Wildman–Crippen MR) is 91.0 cm³/mol. The first kappa shape index (κ1) is 16.0. The zero-order chi connectivity index (χ0) is 16.9. The molecule has 0 aliphatic carbocycles. The molecule has 0 atom stereocenters. The molecule has 0 radical (unpaired) electrons. The number of fused-ring (bicyclic) bond motifs is 1. The molecule has 24 heavy (non-hydrogen) atoms. The van der Waals surface area contributed by atoms with Gasteiger partial charge in [0.15, 0.2) is 5.58 Å². The van der Waals surface area contributed by atoms with Gasteiger partial charge in [0.2, 0.25) is 5.91 Å². The number of aromatic nitrogens is 1. The van der Waals surface area contributed by atoms with Crippen LogP contribution in [0.15, 0.2) is 57.7 Å². The molecule has 2 aromatic carbocycles. The lowest BCUT2D eigenvalue weighted by Gasteiger charge is -2.07. The molecule has 1 aromatic heterocycles. The molecule has 6 heteroatoms. The van der Waals surface area contributed by atoms with Gasteiger partial charge in [-0.15, -0.1) is 0 Å². The van der Waals surface area contributed by atoms with Crippen LogP contribution in [-0.2, 0) is 17.8 Å². The molecule has 0 bridgehead atoms. The zero-order valence-corrected chi connectivity index (χ0v) is 13.1. The van der Waals surface area contributed by atoms with Crippen LogP contribution in [0.25, 0.3) is 11.1 Å². The minimum atomic E-state index is -0.461. The van der Waals surface area contributed by atoms with Crippen molar-refractivity contribution in [2.45, 2.75) is 19.4 Å². The highest BCUT2D eigenvalue weighted by molar-refractivity contribution is 5.90. The number of carbonyl (C=O) groups excluding carboxylic acids is 1. The Morgan fingerprint density at radius 2 is 1.88 bits per heavy atom. The maximum Gasteiger partial charge on any atom is 0.419 e. The van der Waals surface area contributed by atoms with Gasteiger partial charge in [-0.3, -0.25) is 9.36 Å². The van der Waals surface area contributed by atoms with Crippen molar-refractivity contribution in [3.8, 4) is 0 Å². The van der Waals surface area contributed by atoms with E-state index in [0.717, 1.165) is 5.56 Å². The Morgan fingerprint density at radius 1 is 1.12 bits per heavy atom.